The fourth-order valence-electron chi connectivity index (χ4n) is 11.5. The molecule has 6 heterocycles. The first-order valence-corrected chi connectivity index (χ1v) is 23.2. The van der Waals surface area contributed by atoms with Crippen molar-refractivity contribution in [3.63, 3.8) is 0 Å². The molecule has 0 N–H and O–H groups in total. The molecule has 9 aromatic rings. The van der Waals surface area contributed by atoms with Crippen LogP contribution in [0.15, 0.2) is 208 Å². The average molecular weight is 836 g/mol. The van der Waals surface area contributed by atoms with Crippen molar-refractivity contribution in [3.05, 3.63) is 188 Å². The topological polar surface area (TPSA) is 24.9 Å². The Kier molecular flexibility index (Phi) is 7.05. The van der Waals surface area contributed by atoms with Crippen molar-refractivity contribution in [2.45, 2.75) is 19.6 Å². The van der Waals surface area contributed by atoms with Crippen molar-refractivity contribution in [1.29, 1.82) is 0 Å². The zero-order valence-electron chi connectivity index (χ0n) is 33.7. The average Bonchev–Trinajstić information content (AvgIpc) is 3.34. The summed E-state index contributed by atoms with van der Waals surface area (Å²) in [5.74, 6) is 3.52. The number of ether oxygens (including phenoxy) is 2. The Morgan fingerprint density at radius 2 is 0.857 bits per heavy atom. The van der Waals surface area contributed by atoms with Crippen molar-refractivity contribution in [3.8, 4) is 23.0 Å². The molecule has 0 aliphatic carbocycles. The van der Waals surface area contributed by atoms with E-state index in [-0.39, 0.29) is 20.1 Å². The molecule has 6 aliphatic rings. The summed E-state index contributed by atoms with van der Waals surface area (Å²) in [5.41, 5.74) is 18.2. The smallest absolute Gasteiger partial charge is 0.260 e. The van der Waals surface area contributed by atoms with E-state index in [0.29, 0.717) is 0 Å². The van der Waals surface area contributed by atoms with Gasteiger partial charge in [0.15, 0.2) is 0 Å². The summed E-state index contributed by atoms with van der Waals surface area (Å²) in [6, 6.07) is 68.8. The molecule has 0 spiro atoms. The summed E-state index contributed by atoms with van der Waals surface area (Å²) in [5, 5.41) is 0. The predicted octanol–water partition coefficient (Wildman–Crippen LogP) is 7.94. The molecule has 15 rings (SSSR count). The van der Waals surface area contributed by atoms with Crippen LogP contribution in [0.25, 0.3) is 0 Å². The molecule has 6 aliphatic heterocycles. The van der Waals surface area contributed by atoms with Gasteiger partial charge >= 0.3 is 0 Å². The van der Waals surface area contributed by atoms with Crippen LogP contribution in [0.2, 0.25) is 0 Å². The Hall–Kier alpha value is -6.93. The molecule has 0 unspecified atom stereocenters. The fourth-order valence-corrected chi connectivity index (χ4v) is 14.1. The largest absolute Gasteiger partial charge is 0.459 e. The molecular formula is C54H31B3N2O2S2. The molecule has 290 valence electrons. The molecule has 0 saturated carbocycles. The van der Waals surface area contributed by atoms with E-state index < -0.39 is 0 Å². The number of hydrogen-bond donors (Lipinski definition) is 0. The fraction of sp³-hybridized carbons (Fsp3) is 0. The lowest BCUT2D eigenvalue weighted by Gasteiger charge is -2.47. The van der Waals surface area contributed by atoms with Gasteiger partial charge in [0.2, 0.25) is 6.71 Å². The molecule has 9 aromatic carbocycles. The van der Waals surface area contributed by atoms with Crippen LogP contribution in [0, 0.1) is 0 Å². The number of para-hydroxylation sites is 4. The third kappa shape index (κ3) is 4.63. The van der Waals surface area contributed by atoms with Gasteiger partial charge in [-0.3, -0.25) is 0 Å². The molecule has 0 saturated heterocycles. The highest BCUT2D eigenvalue weighted by atomic mass is 32.2. The van der Waals surface area contributed by atoms with Gasteiger partial charge in [0.25, 0.3) is 13.4 Å². The minimum absolute atomic E-state index is 0.0543. The van der Waals surface area contributed by atoms with E-state index in [9.17, 15) is 0 Å². The van der Waals surface area contributed by atoms with E-state index in [2.05, 4.69) is 198 Å². The lowest BCUT2D eigenvalue weighted by atomic mass is 9.29. The first kappa shape index (κ1) is 34.6. The zero-order valence-corrected chi connectivity index (χ0v) is 35.3. The highest BCUT2D eigenvalue weighted by Gasteiger charge is 2.52. The quantitative estimate of drug-likeness (QED) is 0.164. The normalized spacial score (nSPS) is 14.6. The Morgan fingerprint density at radius 3 is 1.51 bits per heavy atom. The molecule has 9 heteroatoms. The maximum Gasteiger partial charge on any atom is 0.260 e. The molecule has 0 aromatic heterocycles. The molecular weight excluding hydrogens is 805 g/mol. The number of fused-ring (bicyclic) bond motifs is 14. The van der Waals surface area contributed by atoms with Gasteiger partial charge in [0.05, 0.1) is 0 Å². The third-order valence-electron chi connectivity index (χ3n) is 13.9. The van der Waals surface area contributed by atoms with Crippen LogP contribution in [-0.2, 0) is 0 Å². The van der Waals surface area contributed by atoms with Crippen LogP contribution < -0.4 is 68.4 Å². The van der Waals surface area contributed by atoms with Crippen molar-refractivity contribution in [2.75, 3.05) is 9.80 Å². The summed E-state index contributed by atoms with van der Waals surface area (Å²) in [6.45, 7) is -0.119. The minimum atomic E-state index is -0.176. The van der Waals surface area contributed by atoms with Gasteiger partial charge in [-0.25, -0.2) is 0 Å². The van der Waals surface area contributed by atoms with Crippen LogP contribution >= 0.6 is 23.5 Å². The van der Waals surface area contributed by atoms with E-state index in [1.54, 1.807) is 0 Å². The van der Waals surface area contributed by atoms with Crippen molar-refractivity contribution >= 4 is 127 Å². The van der Waals surface area contributed by atoms with Gasteiger partial charge in [-0.2, -0.15) is 0 Å². The summed E-state index contributed by atoms with van der Waals surface area (Å²) >= 11 is 3.87. The van der Waals surface area contributed by atoms with E-state index in [0.717, 1.165) is 62.1 Å². The lowest BCUT2D eigenvalue weighted by Crippen LogP contribution is -2.67. The van der Waals surface area contributed by atoms with Gasteiger partial charge in [0.1, 0.15) is 23.0 Å². The first-order valence-electron chi connectivity index (χ1n) is 21.6. The SMILES string of the molecule is c1ccc(N2c3cccc4c3B(c3c2cc2c5c3Oc3ccccc3B5c3ccccc3O2)c2c(cc3c5c2Sc2ccccc2B5c2ccccc2S3)N4c2ccccc2)cc1. The van der Waals surface area contributed by atoms with Crippen molar-refractivity contribution in [2.24, 2.45) is 0 Å². The zero-order chi connectivity index (χ0) is 40.9. The van der Waals surface area contributed by atoms with Crippen LogP contribution in [0.1, 0.15) is 0 Å². The number of benzene rings is 9. The first-order chi connectivity index (χ1) is 31.3. The Labute approximate surface area is 374 Å². The van der Waals surface area contributed by atoms with E-state index in [1.807, 2.05) is 23.5 Å². The Balaban J connectivity index is 1.11. The number of rotatable bonds is 2. The monoisotopic (exact) mass is 836 g/mol. The minimum Gasteiger partial charge on any atom is -0.459 e. The van der Waals surface area contributed by atoms with Crippen LogP contribution in [0.4, 0.5) is 34.1 Å². The summed E-state index contributed by atoms with van der Waals surface area (Å²) in [6.07, 6.45) is 0. The summed E-state index contributed by atoms with van der Waals surface area (Å²) in [4.78, 5) is 10.3. The second kappa shape index (κ2) is 12.8. The molecule has 63 heavy (non-hydrogen) atoms. The molecule has 0 bridgehead atoms. The summed E-state index contributed by atoms with van der Waals surface area (Å²) < 4.78 is 14.5. The van der Waals surface area contributed by atoms with Crippen molar-refractivity contribution in [1.82, 2.24) is 0 Å². The van der Waals surface area contributed by atoms with Gasteiger partial charge in [0, 0.05) is 65.2 Å². The molecule has 4 nitrogen and oxygen atoms in total. The maximum atomic E-state index is 7.45. The molecule has 0 atom stereocenters. The lowest BCUT2D eigenvalue weighted by molar-refractivity contribution is 0.467. The van der Waals surface area contributed by atoms with Gasteiger partial charge in [-0.15, -0.1) is 0 Å². The maximum absolute atomic E-state index is 7.45. The number of hydrogen-bond acceptors (Lipinski definition) is 6. The standard InChI is InChI=1S/C54H31B3N2O2S2/c1-3-16-32(17-4-1)58-38-24-15-25-39-48(38)57(49-40(58)30-44-51-53(49)61-43-27-12-8-21-35(43)55(51)34-20-7-11-26-42(34)60-44)50-41(59(39)33-18-5-2-6-19-33)31-47-52-54(50)63-46-29-14-10-23-37(46)56(52)36-22-9-13-28-45(36)62-47/h1-31H. The second-order valence-corrected chi connectivity index (χ2v) is 19.1. The highest BCUT2D eigenvalue weighted by Crippen LogP contribution is 2.50. The molecule has 0 radical (unpaired) electrons. The van der Waals surface area contributed by atoms with Gasteiger partial charge < -0.3 is 19.3 Å². The van der Waals surface area contributed by atoms with E-state index >= 15 is 0 Å². The molecule has 0 fully saturated rings. The summed E-state index contributed by atoms with van der Waals surface area (Å²) in [7, 11) is 0. The van der Waals surface area contributed by atoms with Crippen LogP contribution in [0.5, 0.6) is 23.0 Å². The number of anilines is 6. The van der Waals surface area contributed by atoms with E-state index in [1.165, 1.54) is 63.7 Å². The highest BCUT2D eigenvalue weighted by molar-refractivity contribution is 8.01. The van der Waals surface area contributed by atoms with E-state index in [4.69, 9.17) is 9.47 Å². The Morgan fingerprint density at radius 1 is 0.333 bits per heavy atom. The van der Waals surface area contributed by atoms with Crippen LogP contribution in [0.3, 0.4) is 0 Å². The third-order valence-corrected chi connectivity index (χ3v) is 16.3. The van der Waals surface area contributed by atoms with Crippen molar-refractivity contribution < 1.29 is 9.47 Å². The Bertz CT molecular complexity index is 3230. The van der Waals surface area contributed by atoms with Crippen LogP contribution in [-0.4, -0.2) is 20.1 Å². The second-order valence-electron chi connectivity index (χ2n) is 17.0. The molecule has 0 amide bonds. The number of nitrogens with zero attached hydrogens (tertiary/aromatic N) is 2. The van der Waals surface area contributed by atoms with Gasteiger partial charge in [-0.1, -0.05) is 150 Å². The predicted molar refractivity (Wildman–Crippen MR) is 264 cm³/mol. The van der Waals surface area contributed by atoms with Gasteiger partial charge in [-0.05, 0) is 99.5 Å².